The number of hydrogen-bond acceptors (Lipinski definition) is 2. The molecule has 2 rings (SSSR count). The predicted molar refractivity (Wildman–Crippen MR) is 83.8 cm³/mol. The number of nitrogens with one attached hydrogen (secondary N) is 1. The zero-order valence-electron chi connectivity index (χ0n) is 13.0. The van der Waals surface area contributed by atoms with E-state index in [2.05, 4.69) is 36.5 Å². The molecule has 3 nitrogen and oxygen atoms in total. The second kappa shape index (κ2) is 8.41. The second-order valence-electron chi connectivity index (χ2n) is 4.43. The van der Waals surface area contributed by atoms with Crippen LogP contribution < -0.4 is 5.32 Å². The first-order valence-electron chi connectivity index (χ1n) is 7.41. The van der Waals surface area contributed by atoms with Gasteiger partial charge in [-0.3, -0.25) is 0 Å². The van der Waals surface area contributed by atoms with Gasteiger partial charge in [0.1, 0.15) is 0 Å². The number of carbonyl (C=O) groups is 1. The maximum Gasteiger partial charge on any atom is 0.407 e. The summed E-state index contributed by atoms with van der Waals surface area (Å²) in [5.74, 6) is 0. The van der Waals surface area contributed by atoms with Crippen LogP contribution in [0.1, 0.15) is 43.9 Å². The first-order chi connectivity index (χ1) is 9.72. The van der Waals surface area contributed by atoms with Crippen LogP contribution in [0.25, 0.3) is 5.57 Å². The van der Waals surface area contributed by atoms with Crippen molar-refractivity contribution in [1.82, 2.24) is 5.32 Å². The lowest BCUT2D eigenvalue weighted by atomic mass is 10.00. The first kappa shape index (κ1) is 16.3. The van der Waals surface area contributed by atoms with Gasteiger partial charge in [0.25, 0.3) is 0 Å². The Balaban J connectivity index is 0.000000956. The van der Waals surface area contributed by atoms with Gasteiger partial charge in [0.05, 0.1) is 6.61 Å². The molecule has 0 bridgehead atoms. The molecule has 0 heterocycles. The maximum atomic E-state index is 11.2. The van der Waals surface area contributed by atoms with Crippen molar-refractivity contribution in [3.8, 4) is 0 Å². The molecule has 0 fully saturated rings. The van der Waals surface area contributed by atoms with Crippen LogP contribution in [0.3, 0.4) is 0 Å². The Morgan fingerprint density at radius 1 is 1.35 bits per heavy atom. The van der Waals surface area contributed by atoms with Gasteiger partial charge in [-0.25, -0.2) is 4.79 Å². The van der Waals surface area contributed by atoms with Gasteiger partial charge >= 0.3 is 6.09 Å². The molecule has 0 aromatic heterocycles. The molecule has 3 heteroatoms. The Morgan fingerprint density at radius 2 is 2.10 bits per heavy atom. The minimum atomic E-state index is -0.333. The largest absolute Gasteiger partial charge is 0.450 e. The van der Waals surface area contributed by atoms with Gasteiger partial charge < -0.3 is 10.1 Å². The molecule has 1 aromatic carbocycles. The molecule has 110 valence electrons. The SMILES string of the molecule is CC.CCOC(=O)NCCC1=CCc2c(C)cccc21. The van der Waals surface area contributed by atoms with E-state index in [1.807, 2.05) is 13.8 Å². The van der Waals surface area contributed by atoms with Gasteiger partial charge in [-0.2, -0.15) is 0 Å². The van der Waals surface area contributed by atoms with Gasteiger partial charge in [0.2, 0.25) is 0 Å². The van der Waals surface area contributed by atoms with Crippen molar-refractivity contribution in [3.05, 3.63) is 41.0 Å². The Labute approximate surface area is 122 Å². The fourth-order valence-electron chi connectivity index (χ4n) is 2.33. The molecule has 0 spiro atoms. The number of alkyl carbamates (subject to hydrolysis) is 1. The summed E-state index contributed by atoms with van der Waals surface area (Å²) in [7, 11) is 0. The monoisotopic (exact) mass is 275 g/mol. The Bertz CT molecular complexity index is 478. The van der Waals surface area contributed by atoms with Crippen LogP contribution in [-0.2, 0) is 11.2 Å². The van der Waals surface area contributed by atoms with Gasteiger partial charge in [-0.15, -0.1) is 0 Å². The van der Waals surface area contributed by atoms with E-state index in [1.54, 1.807) is 6.92 Å². The summed E-state index contributed by atoms with van der Waals surface area (Å²) in [6, 6.07) is 6.39. The van der Waals surface area contributed by atoms with Crippen LogP contribution >= 0.6 is 0 Å². The highest BCUT2D eigenvalue weighted by Gasteiger charge is 2.15. The van der Waals surface area contributed by atoms with Gasteiger partial charge in [0, 0.05) is 6.54 Å². The number of rotatable bonds is 4. The number of hydrogen-bond donors (Lipinski definition) is 1. The van der Waals surface area contributed by atoms with E-state index < -0.39 is 0 Å². The highest BCUT2D eigenvalue weighted by atomic mass is 16.5. The molecular formula is C17H25NO2. The minimum absolute atomic E-state index is 0.333. The molecule has 1 aliphatic carbocycles. The third-order valence-corrected chi connectivity index (χ3v) is 3.25. The van der Waals surface area contributed by atoms with E-state index in [0.717, 1.165) is 12.8 Å². The molecule has 1 amide bonds. The molecule has 0 aliphatic heterocycles. The lowest BCUT2D eigenvalue weighted by molar-refractivity contribution is 0.152. The Kier molecular flexibility index (Phi) is 6.85. The molecule has 1 aromatic rings. The van der Waals surface area contributed by atoms with E-state index in [0.29, 0.717) is 13.2 Å². The number of carbonyl (C=O) groups excluding carboxylic acids is 1. The Hall–Kier alpha value is -1.77. The molecule has 0 radical (unpaired) electrons. The van der Waals surface area contributed by atoms with Gasteiger partial charge in [-0.1, -0.05) is 38.1 Å². The number of amides is 1. The first-order valence-corrected chi connectivity index (χ1v) is 7.41. The van der Waals surface area contributed by atoms with E-state index in [-0.39, 0.29) is 6.09 Å². The summed E-state index contributed by atoms with van der Waals surface area (Å²) in [4.78, 5) is 11.2. The maximum absolute atomic E-state index is 11.2. The van der Waals surface area contributed by atoms with Crippen molar-refractivity contribution in [2.24, 2.45) is 0 Å². The molecule has 0 saturated carbocycles. The van der Waals surface area contributed by atoms with Crippen LogP contribution in [0.4, 0.5) is 4.79 Å². The van der Waals surface area contributed by atoms with E-state index in [4.69, 9.17) is 4.74 Å². The molecule has 20 heavy (non-hydrogen) atoms. The summed E-state index contributed by atoms with van der Waals surface area (Å²) in [5.41, 5.74) is 5.42. The molecule has 0 atom stereocenters. The number of fused-ring (bicyclic) bond motifs is 1. The average Bonchev–Trinajstić information content (AvgIpc) is 2.86. The zero-order valence-corrected chi connectivity index (χ0v) is 13.0. The van der Waals surface area contributed by atoms with Crippen molar-refractivity contribution < 1.29 is 9.53 Å². The van der Waals surface area contributed by atoms with E-state index >= 15 is 0 Å². The fourth-order valence-corrected chi connectivity index (χ4v) is 2.33. The summed E-state index contributed by atoms with van der Waals surface area (Å²) in [6.45, 7) is 8.99. The number of aryl methyl sites for hydroxylation is 1. The Morgan fingerprint density at radius 3 is 2.80 bits per heavy atom. The van der Waals surface area contributed by atoms with E-state index in [1.165, 1.54) is 22.3 Å². The van der Waals surface area contributed by atoms with Crippen molar-refractivity contribution in [1.29, 1.82) is 0 Å². The molecule has 0 saturated heterocycles. The lowest BCUT2D eigenvalue weighted by Gasteiger charge is -2.08. The highest BCUT2D eigenvalue weighted by molar-refractivity contribution is 5.74. The van der Waals surface area contributed by atoms with Crippen molar-refractivity contribution in [3.63, 3.8) is 0 Å². The third kappa shape index (κ3) is 4.12. The molecular weight excluding hydrogens is 250 g/mol. The highest BCUT2D eigenvalue weighted by Crippen LogP contribution is 2.31. The van der Waals surface area contributed by atoms with Gasteiger partial charge in [0.15, 0.2) is 0 Å². The summed E-state index contributed by atoms with van der Waals surface area (Å²) < 4.78 is 4.83. The van der Waals surface area contributed by atoms with Gasteiger partial charge in [-0.05, 0) is 49.0 Å². The quantitative estimate of drug-likeness (QED) is 0.898. The summed E-state index contributed by atoms with van der Waals surface area (Å²) >= 11 is 0. The fraction of sp³-hybridized carbons (Fsp3) is 0.471. The van der Waals surface area contributed by atoms with Crippen LogP contribution in [0, 0.1) is 6.92 Å². The topological polar surface area (TPSA) is 38.3 Å². The normalized spacial score (nSPS) is 11.9. The van der Waals surface area contributed by atoms with Crippen molar-refractivity contribution in [2.45, 2.75) is 40.5 Å². The number of allylic oxidation sites excluding steroid dienone is 1. The average molecular weight is 275 g/mol. The second-order valence-corrected chi connectivity index (χ2v) is 4.43. The van der Waals surface area contributed by atoms with Crippen LogP contribution in [0.15, 0.2) is 24.3 Å². The molecule has 0 unspecified atom stereocenters. The third-order valence-electron chi connectivity index (χ3n) is 3.25. The number of ether oxygens (including phenoxy) is 1. The van der Waals surface area contributed by atoms with Crippen LogP contribution in [0.2, 0.25) is 0 Å². The smallest absolute Gasteiger partial charge is 0.407 e. The van der Waals surface area contributed by atoms with E-state index in [9.17, 15) is 4.79 Å². The lowest BCUT2D eigenvalue weighted by Crippen LogP contribution is -2.25. The minimum Gasteiger partial charge on any atom is -0.450 e. The summed E-state index contributed by atoms with van der Waals surface area (Å²) in [6.07, 6.45) is 3.79. The van der Waals surface area contributed by atoms with Crippen molar-refractivity contribution >= 4 is 11.7 Å². The molecule has 1 N–H and O–H groups in total. The predicted octanol–water partition coefficient (Wildman–Crippen LogP) is 4.10. The molecule has 1 aliphatic rings. The van der Waals surface area contributed by atoms with Crippen LogP contribution in [-0.4, -0.2) is 19.2 Å². The van der Waals surface area contributed by atoms with Crippen LogP contribution in [0.5, 0.6) is 0 Å². The number of benzene rings is 1. The zero-order chi connectivity index (χ0) is 15.0. The summed E-state index contributed by atoms with van der Waals surface area (Å²) in [5, 5.41) is 2.75. The van der Waals surface area contributed by atoms with Crippen molar-refractivity contribution in [2.75, 3.05) is 13.2 Å². The standard InChI is InChI=1S/C15H19NO2.C2H6/c1-3-18-15(17)16-10-9-12-7-8-13-11(2)5-4-6-14(12)13;1-2/h4-7H,3,8-10H2,1-2H3,(H,16,17);1-2H3.